The Morgan fingerprint density at radius 1 is 1.44 bits per heavy atom. The summed E-state index contributed by atoms with van der Waals surface area (Å²) in [5.74, 6) is -2.88. The number of ether oxygens (including phenoxy) is 2. The maximum absolute atomic E-state index is 13.0. The van der Waals surface area contributed by atoms with E-state index in [0.29, 0.717) is 0 Å². The predicted octanol–water partition coefficient (Wildman–Crippen LogP) is 2.13. The summed E-state index contributed by atoms with van der Waals surface area (Å²) in [6.45, 7) is 6.99. The van der Waals surface area contributed by atoms with Crippen molar-refractivity contribution in [2.75, 3.05) is 0 Å². The van der Waals surface area contributed by atoms with Crippen molar-refractivity contribution in [3.05, 3.63) is 12.2 Å². The summed E-state index contributed by atoms with van der Waals surface area (Å²) in [5.41, 5.74) is -4.81. The van der Waals surface area contributed by atoms with Gasteiger partial charge in [0.25, 0.3) is 0 Å². The molecule has 4 nitrogen and oxygen atoms in total. The number of cyclic esters (lactones) is 1. The van der Waals surface area contributed by atoms with Crippen molar-refractivity contribution in [2.24, 2.45) is 0 Å². The maximum atomic E-state index is 13.0. The zero-order chi connectivity index (χ0) is 14.4. The average molecular weight is 266 g/mol. The van der Waals surface area contributed by atoms with Gasteiger partial charge in [0, 0.05) is 12.0 Å². The molecule has 0 aliphatic carbocycles. The van der Waals surface area contributed by atoms with Gasteiger partial charge < -0.3 is 9.47 Å². The standard InChI is InChI=1S/C11H13F3O4/c1-6(2)7(15)17-10(11(12,13)14)5-9(3,4)18-8(10)16/h1,5H2,2-4H3/t10-/m1/s1. The first kappa shape index (κ1) is 14.5. The Morgan fingerprint density at radius 2 is 1.94 bits per heavy atom. The third kappa shape index (κ3) is 2.34. The highest BCUT2D eigenvalue weighted by Gasteiger charge is 2.71. The molecule has 1 heterocycles. The summed E-state index contributed by atoms with van der Waals surface area (Å²) < 4.78 is 48.0. The van der Waals surface area contributed by atoms with E-state index in [1.165, 1.54) is 20.8 Å². The molecule has 0 spiro atoms. The molecule has 1 atom stereocenters. The summed E-state index contributed by atoms with van der Waals surface area (Å²) in [5, 5.41) is 0. The van der Waals surface area contributed by atoms with E-state index in [2.05, 4.69) is 16.1 Å². The first-order chi connectivity index (χ1) is 7.91. The molecular weight excluding hydrogens is 253 g/mol. The Morgan fingerprint density at radius 3 is 2.22 bits per heavy atom. The second kappa shape index (κ2) is 4.00. The van der Waals surface area contributed by atoms with Gasteiger partial charge in [-0.05, 0) is 20.8 Å². The van der Waals surface area contributed by atoms with Crippen LogP contribution in [0.3, 0.4) is 0 Å². The van der Waals surface area contributed by atoms with Gasteiger partial charge in [-0.15, -0.1) is 0 Å². The summed E-state index contributed by atoms with van der Waals surface area (Å²) >= 11 is 0. The maximum Gasteiger partial charge on any atom is 0.439 e. The average Bonchev–Trinajstić information content (AvgIpc) is 2.35. The van der Waals surface area contributed by atoms with Gasteiger partial charge in [-0.3, -0.25) is 0 Å². The molecule has 0 N–H and O–H groups in total. The van der Waals surface area contributed by atoms with E-state index in [-0.39, 0.29) is 5.57 Å². The molecule has 0 saturated carbocycles. The van der Waals surface area contributed by atoms with Crippen LogP contribution < -0.4 is 0 Å². The highest BCUT2D eigenvalue weighted by molar-refractivity contribution is 5.92. The van der Waals surface area contributed by atoms with Crippen molar-refractivity contribution in [2.45, 2.75) is 44.6 Å². The van der Waals surface area contributed by atoms with Gasteiger partial charge in [0.05, 0.1) is 0 Å². The molecular formula is C11H13F3O4. The van der Waals surface area contributed by atoms with Crippen LogP contribution in [0.5, 0.6) is 0 Å². The molecule has 1 aliphatic rings. The monoisotopic (exact) mass is 266 g/mol. The fourth-order valence-electron chi connectivity index (χ4n) is 1.64. The zero-order valence-corrected chi connectivity index (χ0v) is 10.2. The molecule has 0 aromatic heterocycles. The normalized spacial score (nSPS) is 26.7. The van der Waals surface area contributed by atoms with Crippen LogP contribution in [0.4, 0.5) is 13.2 Å². The Bertz CT molecular complexity index is 411. The van der Waals surface area contributed by atoms with Crippen molar-refractivity contribution in [1.82, 2.24) is 0 Å². The van der Waals surface area contributed by atoms with E-state index < -0.39 is 35.7 Å². The molecule has 0 radical (unpaired) electrons. The van der Waals surface area contributed by atoms with E-state index in [0.717, 1.165) is 0 Å². The van der Waals surface area contributed by atoms with Gasteiger partial charge in [0.1, 0.15) is 5.60 Å². The zero-order valence-electron chi connectivity index (χ0n) is 10.2. The molecule has 7 heteroatoms. The van der Waals surface area contributed by atoms with Gasteiger partial charge in [0.2, 0.25) is 0 Å². The molecule has 1 aliphatic heterocycles. The second-order valence-corrected chi connectivity index (χ2v) is 4.82. The van der Waals surface area contributed by atoms with Gasteiger partial charge in [0.15, 0.2) is 0 Å². The van der Waals surface area contributed by atoms with Crippen LogP contribution in [-0.2, 0) is 19.1 Å². The summed E-state index contributed by atoms with van der Waals surface area (Å²) in [6.07, 6.45) is -5.82. The SMILES string of the molecule is C=C(C)C(=O)O[C@]1(C(F)(F)F)CC(C)(C)OC1=O. The number of carbonyl (C=O) groups excluding carboxylic acids is 2. The number of hydrogen-bond acceptors (Lipinski definition) is 4. The molecule has 0 unspecified atom stereocenters. The molecule has 1 saturated heterocycles. The van der Waals surface area contributed by atoms with Crippen LogP contribution in [0.2, 0.25) is 0 Å². The Kier molecular flexibility index (Phi) is 3.23. The van der Waals surface area contributed by atoms with Crippen LogP contribution in [0, 0.1) is 0 Å². The summed E-state index contributed by atoms with van der Waals surface area (Å²) in [6, 6.07) is 0. The second-order valence-electron chi connectivity index (χ2n) is 4.82. The van der Waals surface area contributed by atoms with Crippen LogP contribution in [-0.4, -0.2) is 29.3 Å². The Hall–Kier alpha value is -1.53. The number of esters is 2. The molecule has 0 aromatic carbocycles. The Balaban J connectivity index is 3.18. The molecule has 1 fully saturated rings. The lowest BCUT2D eigenvalue weighted by atomic mass is 9.92. The van der Waals surface area contributed by atoms with Crippen molar-refractivity contribution in [1.29, 1.82) is 0 Å². The van der Waals surface area contributed by atoms with Crippen molar-refractivity contribution in [3.8, 4) is 0 Å². The fourth-order valence-corrected chi connectivity index (χ4v) is 1.64. The Labute approximate surface area is 102 Å². The number of halogens is 3. The predicted molar refractivity (Wildman–Crippen MR) is 54.5 cm³/mol. The van der Waals surface area contributed by atoms with Gasteiger partial charge >= 0.3 is 23.7 Å². The van der Waals surface area contributed by atoms with Crippen LogP contribution in [0.1, 0.15) is 27.2 Å². The van der Waals surface area contributed by atoms with Crippen LogP contribution in [0.25, 0.3) is 0 Å². The smallest absolute Gasteiger partial charge is 0.439 e. The minimum Gasteiger partial charge on any atom is -0.456 e. The number of rotatable bonds is 2. The minimum absolute atomic E-state index is 0.226. The lowest BCUT2D eigenvalue weighted by Gasteiger charge is -2.27. The van der Waals surface area contributed by atoms with E-state index in [1.54, 1.807) is 0 Å². The molecule has 0 bridgehead atoms. The van der Waals surface area contributed by atoms with E-state index >= 15 is 0 Å². The number of hydrogen-bond donors (Lipinski definition) is 0. The largest absolute Gasteiger partial charge is 0.456 e. The first-order valence-electron chi connectivity index (χ1n) is 5.10. The molecule has 102 valence electrons. The van der Waals surface area contributed by atoms with Crippen molar-refractivity contribution >= 4 is 11.9 Å². The van der Waals surface area contributed by atoms with Gasteiger partial charge in [-0.2, -0.15) is 13.2 Å². The van der Waals surface area contributed by atoms with Crippen LogP contribution in [0.15, 0.2) is 12.2 Å². The first-order valence-corrected chi connectivity index (χ1v) is 5.10. The quantitative estimate of drug-likeness (QED) is 0.567. The van der Waals surface area contributed by atoms with Gasteiger partial charge in [-0.25, -0.2) is 9.59 Å². The molecule has 0 aromatic rings. The third-order valence-corrected chi connectivity index (χ3v) is 2.45. The van der Waals surface area contributed by atoms with E-state index in [4.69, 9.17) is 0 Å². The molecule has 1 rings (SSSR count). The summed E-state index contributed by atoms with van der Waals surface area (Å²) in [7, 11) is 0. The number of carbonyl (C=O) groups is 2. The molecule has 18 heavy (non-hydrogen) atoms. The van der Waals surface area contributed by atoms with Crippen molar-refractivity contribution in [3.63, 3.8) is 0 Å². The fraction of sp³-hybridized carbons (Fsp3) is 0.636. The summed E-state index contributed by atoms with van der Waals surface area (Å²) in [4.78, 5) is 22.7. The lowest BCUT2D eigenvalue weighted by molar-refractivity contribution is -0.259. The van der Waals surface area contributed by atoms with Gasteiger partial charge in [-0.1, -0.05) is 6.58 Å². The molecule has 0 amide bonds. The lowest BCUT2D eigenvalue weighted by Crippen LogP contribution is -2.53. The van der Waals surface area contributed by atoms with Crippen molar-refractivity contribution < 1.29 is 32.2 Å². The highest BCUT2D eigenvalue weighted by Crippen LogP contribution is 2.47. The number of alkyl halides is 3. The minimum atomic E-state index is -5.04. The topological polar surface area (TPSA) is 52.6 Å². The highest BCUT2D eigenvalue weighted by atomic mass is 19.4. The third-order valence-electron chi connectivity index (χ3n) is 2.45. The van der Waals surface area contributed by atoms with E-state index in [1.807, 2.05) is 0 Å². The van der Waals surface area contributed by atoms with E-state index in [9.17, 15) is 22.8 Å². The van der Waals surface area contributed by atoms with Crippen LogP contribution >= 0.6 is 0 Å².